The number of hydrogen-bond acceptors (Lipinski definition) is 4. The highest BCUT2D eigenvalue weighted by Gasteiger charge is 2.41. The second kappa shape index (κ2) is 7.46. The summed E-state index contributed by atoms with van der Waals surface area (Å²) in [6, 6.07) is 5.20. The minimum Gasteiger partial charge on any atom is -0.475 e. The predicted octanol–water partition coefficient (Wildman–Crippen LogP) is 3.44. The molecule has 29 heavy (non-hydrogen) atoms. The summed E-state index contributed by atoms with van der Waals surface area (Å²) in [5.41, 5.74) is 0.893. The number of aromatic amines is 1. The third-order valence-corrected chi connectivity index (χ3v) is 5.74. The Balaban J connectivity index is 1.74. The van der Waals surface area contributed by atoms with Gasteiger partial charge < -0.3 is 15.0 Å². The summed E-state index contributed by atoms with van der Waals surface area (Å²) in [4.78, 5) is 31.2. The number of benzene rings is 1. The van der Waals surface area contributed by atoms with Crippen molar-refractivity contribution in [2.75, 3.05) is 6.61 Å². The van der Waals surface area contributed by atoms with E-state index in [0.717, 1.165) is 21.7 Å². The zero-order chi connectivity index (χ0) is 20.7. The van der Waals surface area contributed by atoms with Gasteiger partial charge >= 0.3 is 0 Å². The SMILES string of the molecule is CC[C@@H]1[C@H](F)C(=O)N[C@@H]1COc1nccc2cc3c(=O)[nH]cc(C(C)C)c3cc12. The molecule has 1 aromatic carbocycles. The van der Waals surface area contributed by atoms with Gasteiger partial charge in [-0.05, 0) is 46.9 Å². The van der Waals surface area contributed by atoms with Crippen LogP contribution in [0.5, 0.6) is 5.88 Å². The number of hydrogen-bond donors (Lipinski definition) is 2. The van der Waals surface area contributed by atoms with Crippen LogP contribution in [0, 0.1) is 5.92 Å². The topological polar surface area (TPSA) is 84.1 Å². The molecule has 0 saturated carbocycles. The summed E-state index contributed by atoms with van der Waals surface area (Å²) in [6.45, 7) is 6.14. The van der Waals surface area contributed by atoms with Gasteiger partial charge in [0.15, 0.2) is 6.17 Å². The van der Waals surface area contributed by atoms with Gasteiger partial charge in [-0.25, -0.2) is 9.37 Å². The van der Waals surface area contributed by atoms with Crippen LogP contribution in [-0.2, 0) is 4.79 Å². The highest BCUT2D eigenvalue weighted by Crippen LogP contribution is 2.31. The number of aromatic nitrogens is 2. The molecule has 0 unspecified atom stereocenters. The van der Waals surface area contributed by atoms with E-state index in [1.165, 1.54) is 0 Å². The molecule has 6 nitrogen and oxygen atoms in total. The minimum atomic E-state index is -1.50. The van der Waals surface area contributed by atoms with E-state index in [0.29, 0.717) is 17.7 Å². The van der Waals surface area contributed by atoms with Crippen molar-refractivity contribution in [1.82, 2.24) is 15.3 Å². The number of fused-ring (bicyclic) bond motifs is 2. The Bertz CT molecular complexity index is 1140. The van der Waals surface area contributed by atoms with Gasteiger partial charge in [0.2, 0.25) is 5.88 Å². The van der Waals surface area contributed by atoms with Crippen molar-refractivity contribution >= 4 is 27.5 Å². The fourth-order valence-electron chi connectivity index (χ4n) is 4.11. The van der Waals surface area contributed by atoms with Gasteiger partial charge in [0, 0.05) is 29.1 Å². The normalized spacial score (nSPS) is 21.8. The molecule has 152 valence electrons. The lowest BCUT2D eigenvalue weighted by Crippen LogP contribution is -2.34. The van der Waals surface area contributed by atoms with Crippen molar-refractivity contribution in [3.05, 3.63) is 46.5 Å². The maximum Gasteiger partial charge on any atom is 0.255 e. The molecule has 3 heterocycles. The number of amides is 1. The van der Waals surface area contributed by atoms with E-state index in [1.807, 2.05) is 25.1 Å². The molecular formula is C22H24FN3O3. The molecule has 0 aliphatic carbocycles. The Morgan fingerprint density at radius 2 is 2.00 bits per heavy atom. The van der Waals surface area contributed by atoms with Crippen LogP contribution in [0.3, 0.4) is 0 Å². The van der Waals surface area contributed by atoms with Gasteiger partial charge in [-0.1, -0.05) is 20.8 Å². The highest BCUT2D eigenvalue weighted by molar-refractivity contribution is 6.01. The van der Waals surface area contributed by atoms with E-state index in [2.05, 4.69) is 29.1 Å². The number of rotatable bonds is 5. The molecular weight excluding hydrogens is 373 g/mol. The molecule has 1 fully saturated rings. The second-order valence-corrected chi connectivity index (χ2v) is 7.86. The summed E-state index contributed by atoms with van der Waals surface area (Å²) in [5.74, 6) is -0.355. The lowest BCUT2D eigenvalue weighted by Gasteiger charge is -2.19. The fraction of sp³-hybridized carbons (Fsp3) is 0.409. The number of carbonyl (C=O) groups is 1. The van der Waals surface area contributed by atoms with Gasteiger partial charge in [0.1, 0.15) is 6.61 Å². The molecule has 2 aromatic heterocycles. The van der Waals surface area contributed by atoms with Gasteiger partial charge in [-0.3, -0.25) is 9.59 Å². The van der Waals surface area contributed by atoms with E-state index < -0.39 is 24.0 Å². The average molecular weight is 397 g/mol. The van der Waals surface area contributed by atoms with Crippen molar-refractivity contribution in [3.8, 4) is 5.88 Å². The Labute approximate surface area is 167 Å². The maximum atomic E-state index is 14.0. The van der Waals surface area contributed by atoms with Gasteiger partial charge in [-0.2, -0.15) is 0 Å². The van der Waals surface area contributed by atoms with Crippen molar-refractivity contribution in [2.24, 2.45) is 5.92 Å². The molecule has 7 heteroatoms. The number of halogens is 1. The van der Waals surface area contributed by atoms with E-state index in [4.69, 9.17) is 4.74 Å². The molecule has 1 aliphatic heterocycles. The van der Waals surface area contributed by atoms with Crippen LogP contribution in [0.25, 0.3) is 21.5 Å². The Kier molecular flexibility index (Phi) is 4.98. The average Bonchev–Trinajstić information content (AvgIpc) is 2.98. The first-order valence-electron chi connectivity index (χ1n) is 9.92. The summed E-state index contributed by atoms with van der Waals surface area (Å²) >= 11 is 0. The number of nitrogens with zero attached hydrogens (tertiary/aromatic N) is 1. The molecule has 0 bridgehead atoms. The smallest absolute Gasteiger partial charge is 0.255 e. The lowest BCUT2D eigenvalue weighted by atomic mass is 9.96. The molecule has 0 radical (unpaired) electrons. The van der Waals surface area contributed by atoms with Crippen LogP contribution in [0.2, 0.25) is 0 Å². The van der Waals surface area contributed by atoms with E-state index in [9.17, 15) is 14.0 Å². The summed E-state index contributed by atoms with van der Waals surface area (Å²) in [6.07, 6.45) is 2.41. The molecule has 0 spiro atoms. The molecule has 1 amide bonds. The largest absolute Gasteiger partial charge is 0.475 e. The van der Waals surface area contributed by atoms with Crippen LogP contribution in [0.4, 0.5) is 4.39 Å². The standard InChI is InChI=1S/C22H24FN3O3/c1-4-13-18(26-21(28)19(13)23)10-29-22-14-8-15-16(7-12(14)5-6-24-22)20(27)25-9-17(15)11(2)3/h5-9,11,13,18-19H,4,10H2,1-3H3,(H,25,27)(H,26,28)/t13-,18+,19-/m0/s1. The lowest BCUT2D eigenvalue weighted by molar-refractivity contribution is -0.123. The van der Waals surface area contributed by atoms with Crippen LogP contribution in [0.15, 0.2) is 35.4 Å². The number of carbonyl (C=O) groups excluding carboxylic acids is 1. The summed E-state index contributed by atoms with van der Waals surface area (Å²) in [7, 11) is 0. The van der Waals surface area contributed by atoms with Crippen LogP contribution < -0.4 is 15.6 Å². The number of pyridine rings is 2. The van der Waals surface area contributed by atoms with Crippen molar-refractivity contribution in [1.29, 1.82) is 0 Å². The second-order valence-electron chi connectivity index (χ2n) is 7.86. The van der Waals surface area contributed by atoms with Gasteiger partial charge in [0.05, 0.1) is 6.04 Å². The zero-order valence-electron chi connectivity index (χ0n) is 16.7. The molecule has 1 aliphatic rings. The Morgan fingerprint density at radius 3 is 2.72 bits per heavy atom. The third-order valence-electron chi connectivity index (χ3n) is 5.74. The van der Waals surface area contributed by atoms with Crippen molar-refractivity contribution in [3.63, 3.8) is 0 Å². The van der Waals surface area contributed by atoms with E-state index >= 15 is 0 Å². The molecule has 1 saturated heterocycles. The first-order chi connectivity index (χ1) is 13.9. The monoisotopic (exact) mass is 397 g/mol. The van der Waals surface area contributed by atoms with Crippen molar-refractivity contribution in [2.45, 2.75) is 45.3 Å². The number of H-pyrrole nitrogens is 1. The number of nitrogens with one attached hydrogen (secondary N) is 2. The van der Waals surface area contributed by atoms with Gasteiger partial charge in [-0.15, -0.1) is 0 Å². The first-order valence-corrected chi connectivity index (χ1v) is 9.92. The molecule has 4 rings (SSSR count). The molecule has 2 N–H and O–H groups in total. The van der Waals surface area contributed by atoms with E-state index in [-0.39, 0.29) is 18.1 Å². The maximum absolute atomic E-state index is 14.0. The first kappa shape index (κ1) is 19.4. The number of ether oxygens (including phenoxy) is 1. The summed E-state index contributed by atoms with van der Waals surface area (Å²) in [5, 5.41) is 5.76. The van der Waals surface area contributed by atoms with Crippen LogP contribution >= 0.6 is 0 Å². The summed E-state index contributed by atoms with van der Waals surface area (Å²) < 4.78 is 20.0. The highest BCUT2D eigenvalue weighted by atomic mass is 19.1. The zero-order valence-corrected chi connectivity index (χ0v) is 16.7. The fourth-order valence-corrected chi connectivity index (χ4v) is 4.11. The van der Waals surface area contributed by atoms with Crippen LogP contribution in [-0.4, -0.2) is 34.7 Å². The van der Waals surface area contributed by atoms with Crippen LogP contribution in [0.1, 0.15) is 38.7 Å². The predicted molar refractivity (Wildman–Crippen MR) is 110 cm³/mol. The number of alkyl halides is 1. The third kappa shape index (κ3) is 3.34. The molecule has 3 aromatic rings. The van der Waals surface area contributed by atoms with Gasteiger partial charge in [0.25, 0.3) is 11.5 Å². The Morgan fingerprint density at radius 1 is 1.21 bits per heavy atom. The quantitative estimate of drug-likeness (QED) is 0.646. The van der Waals surface area contributed by atoms with Crippen molar-refractivity contribution < 1.29 is 13.9 Å². The van der Waals surface area contributed by atoms with E-state index in [1.54, 1.807) is 12.4 Å². The minimum absolute atomic E-state index is 0.140. The molecule has 3 atom stereocenters. The Hall–Kier alpha value is -2.96.